The Morgan fingerprint density at radius 2 is 1.94 bits per heavy atom. The fourth-order valence-corrected chi connectivity index (χ4v) is 4.20. The van der Waals surface area contributed by atoms with Crippen LogP contribution in [0.4, 0.5) is 4.79 Å². The molecule has 1 aliphatic heterocycles. The number of benzene rings is 2. The number of carbonyl (C=O) groups is 1. The maximum Gasteiger partial charge on any atom is 0.322 e. The number of amides is 2. The zero-order chi connectivity index (χ0) is 24.8. The quantitative estimate of drug-likeness (QED) is 0.403. The van der Waals surface area contributed by atoms with Crippen molar-refractivity contribution in [2.24, 2.45) is 0 Å². The third kappa shape index (κ3) is 5.38. The predicted octanol–water partition coefficient (Wildman–Crippen LogP) is 5.23. The minimum atomic E-state index is -0.407. The average molecular weight is 477 g/mol. The van der Waals surface area contributed by atoms with E-state index in [0.717, 1.165) is 35.2 Å². The number of hydrogen-bond acceptors (Lipinski definition) is 6. The van der Waals surface area contributed by atoms with Crippen LogP contribution in [0.5, 0.6) is 5.75 Å². The number of methoxy groups -OCH3 is 1. The number of nitrogens with zero attached hydrogens (tertiary/aromatic N) is 3. The van der Waals surface area contributed by atoms with E-state index < -0.39 is 6.04 Å². The second-order valence-electron chi connectivity index (χ2n) is 8.33. The van der Waals surface area contributed by atoms with Crippen molar-refractivity contribution in [1.82, 2.24) is 20.4 Å². The van der Waals surface area contributed by atoms with Crippen molar-refractivity contribution >= 4 is 11.6 Å². The molecule has 1 atom stereocenters. The highest BCUT2D eigenvalue weighted by Gasteiger charge is 2.35. The summed E-state index contributed by atoms with van der Waals surface area (Å²) in [4.78, 5) is 19.5. The first-order valence-corrected chi connectivity index (χ1v) is 12.0. The largest absolute Gasteiger partial charge is 0.497 e. The standard InChI is InChI=1S/C27H32N4O4/c1-5-19-11-13-20(14-12-19)24-23(18(3)31(27(32)28-24)15-8-16-34-6-2)26-29-25(30-35-26)21-9-7-10-22(17-21)33-4/h7,9-14,17,24H,5-6,8,15-16H2,1-4H3,(H,28,32). The van der Waals surface area contributed by atoms with E-state index in [1.165, 1.54) is 5.56 Å². The fourth-order valence-electron chi connectivity index (χ4n) is 4.20. The van der Waals surface area contributed by atoms with Gasteiger partial charge in [-0.05, 0) is 49.9 Å². The lowest BCUT2D eigenvalue weighted by Gasteiger charge is -2.35. The maximum absolute atomic E-state index is 13.1. The number of urea groups is 1. The van der Waals surface area contributed by atoms with Crippen LogP contribution in [-0.2, 0) is 11.2 Å². The van der Waals surface area contributed by atoms with Gasteiger partial charge in [0.05, 0.1) is 18.7 Å². The Morgan fingerprint density at radius 3 is 2.66 bits per heavy atom. The molecule has 8 heteroatoms. The highest BCUT2D eigenvalue weighted by molar-refractivity contribution is 5.86. The van der Waals surface area contributed by atoms with Crippen LogP contribution < -0.4 is 10.1 Å². The van der Waals surface area contributed by atoms with Crippen LogP contribution >= 0.6 is 0 Å². The molecule has 35 heavy (non-hydrogen) atoms. The van der Waals surface area contributed by atoms with E-state index in [0.29, 0.717) is 37.2 Å². The van der Waals surface area contributed by atoms with Gasteiger partial charge in [0, 0.05) is 31.0 Å². The van der Waals surface area contributed by atoms with Crippen molar-refractivity contribution in [3.05, 3.63) is 71.2 Å². The number of aryl methyl sites for hydroxylation is 1. The zero-order valence-electron chi connectivity index (χ0n) is 20.7. The highest BCUT2D eigenvalue weighted by atomic mass is 16.5. The van der Waals surface area contributed by atoms with Gasteiger partial charge < -0.3 is 19.3 Å². The van der Waals surface area contributed by atoms with Crippen LogP contribution in [0.3, 0.4) is 0 Å². The molecule has 0 saturated carbocycles. The molecular formula is C27H32N4O4. The Morgan fingerprint density at radius 1 is 1.14 bits per heavy atom. The Balaban J connectivity index is 1.73. The molecule has 184 valence electrons. The highest BCUT2D eigenvalue weighted by Crippen LogP contribution is 2.37. The molecule has 3 aromatic rings. The van der Waals surface area contributed by atoms with E-state index in [4.69, 9.17) is 19.0 Å². The Kier molecular flexibility index (Phi) is 7.82. The molecule has 2 amide bonds. The molecule has 4 rings (SSSR count). The fraction of sp³-hybridized carbons (Fsp3) is 0.370. The summed E-state index contributed by atoms with van der Waals surface area (Å²) in [5.41, 5.74) is 4.55. The third-order valence-electron chi connectivity index (χ3n) is 6.18. The monoisotopic (exact) mass is 476 g/mol. The van der Waals surface area contributed by atoms with E-state index in [1.807, 2.05) is 50.2 Å². The van der Waals surface area contributed by atoms with Gasteiger partial charge in [-0.25, -0.2) is 4.79 Å². The summed E-state index contributed by atoms with van der Waals surface area (Å²) in [7, 11) is 1.62. The molecule has 1 aliphatic rings. The molecule has 2 aromatic carbocycles. The number of carbonyl (C=O) groups excluding carboxylic acids is 1. The van der Waals surface area contributed by atoms with Crippen LogP contribution in [-0.4, -0.2) is 47.9 Å². The summed E-state index contributed by atoms with van der Waals surface area (Å²) in [5.74, 6) is 1.54. The van der Waals surface area contributed by atoms with Gasteiger partial charge in [0.2, 0.25) is 5.82 Å². The number of allylic oxidation sites excluding steroid dienone is 1. The Bertz CT molecular complexity index is 1190. The topological polar surface area (TPSA) is 89.7 Å². The molecule has 0 fully saturated rings. The SMILES string of the molecule is CCOCCCN1C(=O)NC(c2ccc(CC)cc2)C(c2nc(-c3cccc(OC)c3)no2)=C1C. The second kappa shape index (κ2) is 11.2. The molecule has 0 aliphatic carbocycles. The first-order chi connectivity index (χ1) is 17.0. The van der Waals surface area contributed by atoms with E-state index in [2.05, 4.69) is 29.5 Å². The van der Waals surface area contributed by atoms with Crippen LogP contribution in [0, 0.1) is 0 Å². The van der Waals surface area contributed by atoms with Crippen molar-refractivity contribution in [3.63, 3.8) is 0 Å². The number of ether oxygens (including phenoxy) is 2. The van der Waals surface area contributed by atoms with Crippen LogP contribution in [0.25, 0.3) is 17.0 Å². The zero-order valence-corrected chi connectivity index (χ0v) is 20.7. The number of hydrogen-bond donors (Lipinski definition) is 1. The molecule has 0 saturated heterocycles. The van der Waals surface area contributed by atoms with Gasteiger partial charge in [0.15, 0.2) is 0 Å². The predicted molar refractivity (Wildman–Crippen MR) is 134 cm³/mol. The lowest BCUT2D eigenvalue weighted by molar-refractivity contribution is 0.136. The molecule has 0 radical (unpaired) electrons. The number of nitrogens with one attached hydrogen (secondary N) is 1. The van der Waals surface area contributed by atoms with E-state index in [1.54, 1.807) is 12.0 Å². The van der Waals surface area contributed by atoms with Crippen LogP contribution in [0.1, 0.15) is 50.3 Å². The second-order valence-corrected chi connectivity index (χ2v) is 8.33. The van der Waals surface area contributed by atoms with Crippen molar-refractivity contribution in [1.29, 1.82) is 0 Å². The minimum Gasteiger partial charge on any atom is -0.497 e. The maximum atomic E-state index is 13.1. The van der Waals surface area contributed by atoms with Gasteiger partial charge in [-0.3, -0.25) is 4.90 Å². The molecule has 2 heterocycles. The van der Waals surface area contributed by atoms with E-state index in [-0.39, 0.29) is 6.03 Å². The molecule has 8 nitrogen and oxygen atoms in total. The van der Waals surface area contributed by atoms with Crippen LogP contribution in [0.15, 0.2) is 58.8 Å². The summed E-state index contributed by atoms with van der Waals surface area (Å²) >= 11 is 0. The first-order valence-electron chi connectivity index (χ1n) is 12.0. The van der Waals surface area contributed by atoms with Gasteiger partial charge in [-0.1, -0.05) is 48.5 Å². The molecule has 0 bridgehead atoms. The van der Waals surface area contributed by atoms with Crippen molar-refractivity contribution in [2.75, 3.05) is 26.9 Å². The van der Waals surface area contributed by atoms with Gasteiger partial charge in [0.1, 0.15) is 5.75 Å². The van der Waals surface area contributed by atoms with E-state index >= 15 is 0 Å². The summed E-state index contributed by atoms with van der Waals surface area (Å²) < 4.78 is 16.6. The molecule has 0 spiro atoms. The van der Waals surface area contributed by atoms with E-state index in [9.17, 15) is 4.79 Å². The molecule has 1 aromatic heterocycles. The average Bonchev–Trinajstić information content (AvgIpc) is 3.37. The summed E-state index contributed by atoms with van der Waals surface area (Å²) in [5, 5.41) is 7.38. The van der Waals surface area contributed by atoms with Gasteiger partial charge in [-0.2, -0.15) is 4.98 Å². The normalized spacial score (nSPS) is 15.9. The van der Waals surface area contributed by atoms with Crippen LogP contribution in [0.2, 0.25) is 0 Å². The minimum absolute atomic E-state index is 0.153. The summed E-state index contributed by atoms with van der Waals surface area (Å²) in [6.45, 7) is 7.77. The smallest absolute Gasteiger partial charge is 0.322 e. The third-order valence-corrected chi connectivity index (χ3v) is 6.18. The van der Waals surface area contributed by atoms with Gasteiger partial charge in [-0.15, -0.1) is 0 Å². The first kappa shape index (κ1) is 24.5. The number of aromatic nitrogens is 2. The van der Waals surface area contributed by atoms with Crippen molar-refractivity contribution in [2.45, 2.75) is 39.7 Å². The van der Waals surface area contributed by atoms with Gasteiger partial charge >= 0.3 is 6.03 Å². The number of rotatable bonds is 10. The van der Waals surface area contributed by atoms with Crippen molar-refractivity contribution < 1.29 is 18.8 Å². The molecular weight excluding hydrogens is 444 g/mol. The molecule has 1 N–H and O–H groups in total. The Hall–Kier alpha value is -3.65. The molecule has 1 unspecified atom stereocenters. The van der Waals surface area contributed by atoms with Gasteiger partial charge in [0.25, 0.3) is 5.89 Å². The summed E-state index contributed by atoms with van der Waals surface area (Å²) in [6, 6.07) is 15.2. The Labute approximate surface area is 205 Å². The lowest BCUT2D eigenvalue weighted by Crippen LogP contribution is -2.46. The summed E-state index contributed by atoms with van der Waals surface area (Å²) in [6.07, 6.45) is 1.67. The lowest BCUT2D eigenvalue weighted by atomic mass is 9.93. The van der Waals surface area contributed by atoms with Crippen molar-refractivity contribution in [3.8, 4) is 17.1 Å².